The third-order valence-corrected chi connectivity index (χ3v) is 143. The molecule has 0 aliphatic heterocycles. The predicted octanol–water partition coefficient (Wildman–Crippen LogP) is -4.55. The Morgan fingerprint density at radius 1 is 0.575 bits per heavy atom. The summed E-state index contributed by atoms with van der Waals surface area (Å²) in [5, 5.41) is 0. The van der Waals surface area contributed by atoms with E-state index in [-0.39, 0.29) is 0 Å². The van der Waals surface area contributed by atoms with E-state index in [1.54, 1.807) is 6.55 Å². The zero-order chi connectivity index (χ0) is 31.9. The molecule has 0 aliphatic carbocycles. The van der Waals surface area contributed by atoms with Crippen molar-refractivity contribution >= 4 is 124 Å². The van der Waals surface area contributed by atoms with Crippen molar-refractivity contribution in [3.05, 3.63) is 0 Å². The van der Waals surface area contributed by atoms with Crippen LogP contribution in [-0.2, 0) is 62.7 Å². The van der Waals surface area contributed by atoms with Crippen molar-refractivity contribution in [3.8, 4) is 0 Å². The third-order valence-electron chi connectivity index (χ3n) is 5.78. The fourth-order valence-electron chi connectivity index (χ4n) is 2.86. The molecule has 0 aromatic carbocycles. The lowest BCUT2D eigenvalue weighted by atomic mass is 10.5. The molecule has 0 saturated heterocycles. The summed E-state index contributed by atoms with van der Waals surface area (Å²) in [6.07, 6.45) is 0.680. The van der Waals surface area contributed by atoms with E-state index in [1.807, 2.05) is 13.1 Å². The monoisotopic (exact) mass is 822 g/mol. The molecule has 40 heavy (non-hydrogen) atoms. The molecule has 1 unspecified atom stereocenters. The van der Waals surface area contributed by atoms with Crippen LogP contribution in [0.15, 0.2) is 0 Å². The summed E-state index contributed by atoms with van der Waals surface area (Å²) in [5.74, 6) is 0. The van der Waals surface area contributed by atoms with Crippen LogP contribution in [0.2, 0.25) is 38.8 Å². The molecule has 0 aromatic heterocycles. The topological polar surface area (TPSA) is 251 Å². The quantitative estimate of drug-likeness (QED) is 0.0952. The van der Waals surface area contributed by atoms with Crippen LogP contribution in [0.25, 0.3) is 0 Å². The van der Waals surface area contributed by atoms with Gasteiger partial charge in [-0.3, -0.25) is 0 Å². The number of hydrogen-bond donors (Lipinski definition) is 1. The standard InChI is InChI=1S/C9H26O15Si16/c1-24-8-7-9-39(3,4)25(2)26(10)27(11)28(12)29(13)30(14)31(15)32(16)33(17)34(18)35(19)36(20)37(21)38(22)40(5,6)23/h23,25H,7-9H2,1-6H3. The molecule has 15 nitrogen and oxygen atoms in total. The number of hydrogen-bond acceptors (Lipinski definition) is 15. The molecule has 0 rings (SSSR count). The van der Waals surface area contributed by atoms with Gasteiger partial charge < -0.3 is 67.5 Å². The summed E-state index contributed by atoms with van der Waals surface area (Å²) in [5.41, 5.74) is 0. The average molecular weight is 824 g/mol. The third kappa shape index (κ3) is 11.1. The lowest BCUT2D eigenvalue weighted by molar-refractivity contribution is 0.199. The Morgan fingerprint density at radius 3 is 1.18 bits per heavy atom. The van der Waals surface area contributed by atoms with Gasteiger partial charge in [0.15, 0.2) is 0 Å². The molecule has 0 heterocycles. The molecule has 1 N–H and O–H groups in total. The van der Waals surface area contributed by atoms with Gasteiger partial charge in [-0.15, -0.1) is 0 Å². The lowest BCUT2D eigenvalue weighted by Gasteiger charge is -2.26. The van der Waals surface area contributed by atoms with Gasteiger partial charge in [0.25, 0.3) is 0 Å². The molecule has 0 radical (unpaired) electrons. The van der Waals surface area contributed by atoms with Gasteiger partial charge in [0.2, 0.25) is 7.83 Å². The van der Waals surface area contributed by atoms with Crippen LogP contribution < -0.4 is 0 Å². The molecule has 216 valence electrons. The van der Waals surface area contributed by atoms with E-state index in [9.17, 15) is 62.8 Å². The zero-order valence-electron chi connectivity index (χ0n) is 22.4. The molecule has 0 aliphatic rings. The second kappa shape index (κ2) is 17.3. The summed E-state index contributed by atoms with van der Waals surface area (Å²) < 4.78 is 167. The van der Waals surface area contributed by atoms with Crippen molar-refractivity contribution in [2.75, 3.05) is 13.7 Å². The highest BCUT2D eigenvalue weighted by atomic mass is 30.1. The van der Waals surface area contributed by atoms with Crippen LogP contribution in [0.1, 0.15) is 6.42 Å². The van der Waals surface area contributed by atoms with Crippen LogP contribution in [0.5, 0.6) is 0 Å². The Hall–Kier alpha value is 0.790. The molecule has 0 amide bonds. The maximum Gasteiger partial charge on any atom is 0.381 e. The fraction of sp³-hybridized carbons (Fsp3) is 1.00. The highest BCUT2D eigenvalue weighted by Crippen LogP contribution is 2.16. The summed E-state index contributed by atoms with van der Waals surface area (Å²) >= 11 is 0. The van der Waals surface area contributed by atoms with Crippen LogP contribution in [0.4, 0.5) is 0 Å². The minimum Gasteiger partial charge on any atom is -0.428 e. The van der Waals surface area contributed by atoms with Gasteiger partial charge in [0, 0.05) is 21.3 Å². The van der Waals surface area contributed by atoms with Crippen molar-refractivity contribution in [3.63, 3.8) is 0 Å². The maximum absolute atomic E-state index is 13.0. The smallest absolute Gasteiger partial charge is 0.381 e. The second-order valence-corrected chi connectivity index (χ2v) is 98.1. The molecule has 0 fully saturated rings. The highest BCUT2D eigenvalue weighted by Gasteiger charge is 2.55. The summed E-state index contributed by atoms with van der Waals surface area (Å²) in [4.78, 5) is 9.80. The lowest BCUT2D eigenvalue weighted by Crippen LogP contribution is -2.59. The first kappa shape index (κ1) is 40.8. The van der Waals surface area contributed by atoms with E-state index < -0.39 is 124 Å². The minimum atomic E-state index is -4.11. The normalized spacial score (nSPS) is 12.0. The second-order valence-electron chi connectivity index (χ2n) is 9.68. The van der Waals surface area contributed by atoms with E-state index in [0.717, 1.165) is 13.1 Å². The summed E-state index contributed by atoms with van der Waals surface area (Å²) in [6.45, 7) is 8.32. The number of rotatable bonds is 19. The molecular formula is C9H26O15Si16. The summed E-state index contributed by atoms with van der Waals surface area (Å²) in [7, 11) is -55.7. The van der Waals surface area contributed by atoms with Crippen molar-refractivity contribution in [2.24, 2.45) is 0 Å². The summed E-state index contributed by atoms with van der Waals surface area (Å²) in [6, 6.07) is 0.705. The van der Waals surface area contributed by atoms with Gasteiger partial charge in [0.05, 0.1) is 7.83 Å². The maximum atomic E-state index is 13.0. The number of methoxy groups -OCH3 is 1. The Kier molecular flexibility index (Phi) is 17.7. The molecular weight excluding hydrogens is 797 g/mol. The van der Waals surface area contributed by atoms with E-state index in [1.165, 1.54) is 7.11 Å². The zero-order valence-corrected chi connectivity index (χ0v) is 38.5. The fourth-order valence-corrected chi connectivity index (χ4v) is 197. The van der Waals surface area contributed by atoms with E-state index >= 15 is 0 Å². The molecule has 0 aromatic rings. The van der Waals surface area contributed by atoms with Crippen LogP contribution >= 0.6 is 0 Å². The number of ether oxygens (including phenoxy) is 1. The van der Waals surface area contributed by atoms with Gasteiger partial charge in [0.1, 0.15) is 0 Å². The average Bonchev–Trinajstić information content (AvgIpc) is 2.90. The first-order valence-corrected chi connectivity index (χ1v) is 53.6. The van der Waals surface area contributed by atoms with Crippen LogP contribution in [0.3, 0.4) is 0 Å². The van der Waals surface area contributed by atoms with Crippen molar-refractivity contribution in [1.29, 1.82) is 0 Å². The van der Waals surface area contributed by atoms with Gasteiger partial charge >= 0.3 is 100 Å². The van der Waals surface area contributed by atoms with E-state index in [0.29, 0.717) is 19.1 Å². The largest absolute Gasteiger partial charge is 0.428 e. The molecule has 0 saturated carbocycles. The first-order valence-electron chi connectivity index (χ1n) is 11.3. The van der Waals surface area contributed by atoms with Gasteiger partial charge in [-0.1, -0.05) is 25.7 Å². The van der Waals surface area contributed by atoms with Crippen molar-refractivity contribution < 1.29 is 67.5 Å². The Labute approximate surface area is 248 Å². The Balaban J connectivity index is 5.60. The SMILES string of the molecule is COCCC[Si](C)(C)[SiH](C)[Si](=O)[Si](=O)[Si](=O)[Si](=O)[Si](=O)[Si](=O)[Si](=O)[Si](=O)[Si](=O)[Si](=O)[Si](=O)[Si](=O)[Si](=O)[Si](C)(C)O. The Bertz CT molecular complexity index is 1280. The van der Waals surface area contributed by atoms with Gasteiger partial charge in [-0.05, 0) is 19.5 Å². The molecule has 1 atom stereocenters. The van der Waals surface area contributed by atoms with Gasteiger partial charge in [-0.25, -0.2) is 0 Å². The van der Waals surface area contributed by atoms with Crippen LogP contribution in [0, 0.1) is 0 Å². The molecule has 31 heteroatoms. The predicted molar refractivity (Wildman–Crippen MR) is 155 cm³/mol. The highest BCUT2D eigenvalue weighted by molar-refractivity contribution is 7.82. The minimum absolute atomic E-state index is 0.469. The molecule has 0 spiro atoms. The van der Waals surface area contributed by atoms with Crippen LogP contribution in [-0.4, -0.2) is 142 Å². The van der Waals surface area contributed by atoms with Crippen molar-refractivity contribution in [2.45, 2.75) is 45.2 Å². The Morgan fingerprint density at radius 2 is 0.875 bits per heavy atom. The molecule has 0 bridgehead atoms. The van der Waals surface area contributed by atoms with E-state index in [4.69, 9.17) is 4.74 Å². The van der Waals surface area contributed by atoms with Gasteiger partial charge in [-0.2, -0.15) is 0 Å². The first-order chi connectivity index (χ1) is 18.1. The van der Waals surface area contributed by atoms with Crippen molar-refractivity contribution in [1.82, 2.24) is 0 Å². The van der Waals surface area contributed by atoms with E-state index in [2.05, 4.69) is 0 Å².